The quantitative estimate of drug-likeness (QED) is 0.475. The normalized spacial score (nSPS) is 14.8. The minimum atomic E-state index is -0.280. The van der Waals surface area contributed by atoms with Crippen LogP contribution in [0.3, 0.4) is 0 Å². The van der Waals surface area contributed by atoms with Gasteiger partial charge in [-0.05, 0) is 38.1 Å². The number of nitrogens with one attached hydrogen (secondary N) is 2. The van der Waals surface area contributed by atoms with Gasteiger partial charge in [0.25, 0.3) is 0 Å². The summed E-state index contributed by atoms with van der Waals surface area (Å²) in [5, 5.41) is 5.92. The van der Waals surface area contributed by atoms with E-state index in [1.807, 2.05) is 0 Å². The van der Waals surface area contributed by atoms with Gasteiger partial charge in [-0.2, -0.15) is 0 Å². The van der Waals surface area contributed by atoms with E-state index in [1.165, 1.54) is 12.8 Å². The van der Waals surface area contributed by atoms with Crippen LogP contribution in [0.25, 0.3) is 0 Å². The molecule has 5 heteroatoms. The zero-order valence-corrected chi connectivity index (χ0v) is 9.63. The van der Waals surface area contributed by atoms with Crippen molar-refractivity contribution >= 4 is 11.8 Å². The number of hydrogen-bond donors (Lipinski definition) is 3. The van der Waals surface area contributed by atoms with Gasteiger partial charge in [-0.3, -0.25) is 9.59 Å². The molecule has 1 saturated carbocycles. The SMILES string of the molecule is NC(=O)CCCCNC(=O)CNCC1CC1. The van der Waals surface area contributed by atoms with E-state index in [2.05, 4.69) is 10.6 Å². The van der Waals surface area contributed by atoms with Crippen molar-refractivity contribution in [3.63, 3.8) is 0 Å². The van der Waals surface area contributed by atoms with E-state index in [0.717, 1.165) is 25.3 Å². The highest BCUT2D eigenvalue weighted by molar-refractivity contribution is 5.77. The Kier molecular flexibility index (Phi) is 5.85. The van der Waals surface area contributed by atoms with E-state index >= 15 is 0 Å². The van der Waals surface area contributed by atoms with E-state index in [0.29, 0.717) is 19.5 Å². The highest BCUT2D eigenvalue weighted by Crippen LogP contribution is 2.27. The number of amides is 2. The molecule has 92 valence electrons. The molecule has 16 heavy (non-hydrogen) atoms. The second kappa shape index (κ2) is 7.22. The molecule has 0 aliphatic heterocycles. The van der Waals surface area contributed by atoms with Gasteiger partial charge >= 0.3 is 0 Å². The first-order valence-electron chi connectivity index (χ1n) is 5.94. The van der Waals surface area contributed by atoms with Crippen LogP contribution in [-0.2, 0) is 9.59 Å². The Labute approximate surface area is 96.1 Å². The third-order valence-electron chi connectivity index (χ3n) is 2.59. The van der Waals surface area contributed by atoms with Crippen LogP contribution in [0.5, 0.6) is 0 Å². The molecule has 4 N–H and O–H groups in total. The maximum absolute atomic E-state index is 11.3. The average molecular weight is 227 g/mol. The molecular formula is C11H21N3O2. The highest BCUT2D eigenvalue weighted by Gasteiger charge is 2.20. The first-order chi connectivity index (χ1) is 7.68. The highest BCUT2D eigenvalue weighted by atomic mass is 16.2. The summed E-state index contributed by atoms with van der Waals surface area (Å²) in [5.41, 5.74) is 5.00. The number of unbranched alkanes of at least 4 members (excludes halogenated alkanes) is 1. The topological polar surface area (TPSA) is 84.2 Å². The molecule has 0 unspecified atom stereocenters. The van der Waals surface area contributed by atoms with Gasteiger partial charge in [-0.1, -0.05) is 0 Å². The Bertz CT molecular complexity index is 239. The Morgan fingerprint density at radius 3 is 2.62 bits per heavy atom. The van der Waals surface area contributed by atoms with Crippen LogP contribution >= 0.6 is 0 Å². The summed E-state index contributed by atoms with van der Waals surface area (Å²) in [7, 11) is 0. The number of hydrogen-bond acceptors (Lipinski definition) is 3. The molecule has 1 aliphatic rings. The lowest BCUT2D eigenvalue weighted by Crippen LogP contribution is -2.35. The zero-order valence-electron chi connectivity index (χ0n) is 9.63. The maximum atomic E-state index is 11.3. The molecule has 0 bridgehead atoms. The first kappa shape index (κ1) is 13.0. The molecule has 0 aromatic rings. The van der Waals surface area contributed by atoms with Crippen LogP contribution in [0, 0.1) is 5.92 Å². The third-order valence-corrected chi connectivity index (χ3v) is 2.59. The van der Waals surface area contributed by atoms with E-state index in [4.69, 9.17) is 5.73 Å². The zero-order chi connectivity index (χ0) is 11.8. The van der Waals surface area contributed by atoms with Gasteiger partial charge in [0.05, 0.1) is 6.54 Å². The summed E-state index contributed by atoms with van der Waals surface area (Å²) < 4.78 is 0. The van der Waals surface area contributed by atoms with Gasteiger partial charge in [0.1, 0.15) is 0 Å². The Morgan fingerprint density at radius 1 is 1.25 bits per heavy atom. The monoisotopic (exact) mass is 227 g/mol. The lowest BCUT2D eigenvalue weighted by atomic mass is 10.2. The molecule has 2 amide bonds. The molecule has 0 atom stereocenters. The summed E-state index contributed by atoms with van der Waals surface area (Å²) in [6.07, 6.45) is 4.53. The Balaban J connectivity index is 1.83. The fourth-order valence-corrected chi connectivity index (χ4v) is 1.43. The molecule has 1 fully saturated rings. The second-order valence-electron chi connectivity index (χ2n) is 4.35. The Morgan fingerprint density at radius 2 is 2.00 bits per heavy atom. The standard InChI is InChI=1S/C11H21N3O2/c12-10(15)3-1-2-6-14-11(16)8-13-7-9-4-5-9/h9,13H,1-8H2,(H2,12,15)(H,14,16). The van der Waals surface area contributed by atoms with Crippen LogP contribution in [0.4, 0.5) is 0 Å². The number of carbonyl (C=O) groups excluding carboxylic acids is 2. The lowest BCUT2D eigenvalue weighted by molar-refractivity contribution is -0.120. The first-order valence-corrected chi connectivity index (χ1v) is 5.94. The number of rotatable bonds is 9. The summed E-state index contributed by atoms with van der Waals surface area (Å²) in [6.45, 7) is 1.97. The molecule has 0 aromatic carbocycles. The molecule has 5 nitrogen and oxygen atoms in total. The van der Waals surface area contributed by atoms with Crippen molar-refractivity contribution in [3.05, 3.63) is 0 Å². The van der Waals surface area contributed by atoms with Gasteiger partial charge in [-0.15, -0.1) is 0 Å². The van der Waals surface area contributed by atoms with Crippen LogP contribution in [-0.4, -0.2) is 31.4 Å². The molecule has 0 spiro atoms. The van der Waals surface area contributed by atoms with Gasteiger partial charge in [-0.25, -0.2) is 0 Å². The Hall–Kier alpha value is -1.10. The van der Waals surface area contributed by atoms with Crippen molar-refractivity contribution in [1.82, 2.24) is 10.6 Å². The van der Waals surface area contributed by atoms with Crippen molar-refractivity contribution in [2.45, 2.75) is 32.1 Å². The number of carbonyl (C=O) groups is 2. The third kappa shape index (κ3) is 7.23. The van der Waals surface area contributed by atoms with E-state index < -0.39 is 0 Å². The van der Waals surface area contributed by atoms with E-state index in [1.54, 1.807) is 0 Å². The molecule has 1 rings (SSSR count). The van der Waals surface area contributed by atoms with E-state index in [-0.39, 0.29) is 11.8 Å². The van der Waals surface area contributed by atoms with Crippen LogP contribution in [0.1, 0.15) is 32.1 Å². The van der Waals surface area contributed by atoms with Gasteiger partial charge in [0, 0.05) is 13.0 Å². The second-order valence-corrected chi connectivity index (χ2v) is 4.35. The van der Waals surface area contributed by atoms with Gasteiger partial charge in [0.2, 0.25) is 11.8 Å². The molecular weight excluding hydrogens is 206 g/mol. The smallest absolute Gasteiger partial charge is 0.233 e. The van der Waals surface area contributed by atoms with Crippen LogP contribution < -0.4 is 16.4 Å². The van der Waals surface area contributed by atoms with Crippen LogP contribution in [0.2, 0.25) is 0 Å². The predicted molar refractivity (Wildman–Crippen MR) is 61.6 cm³/mol. The van der Waals surface area contributed by atoms with Crippen molar-refractivity contribution in [3.8, 4) is 0 Å². The van der Waals surface area contributed by atoms with Gasteiger partial charge in [0.15, 0.2) is 0 Å². The maximum Gasteiger partial charge on any atom is 0.233 e. The number of primary amides is 1. The summed E-state index contributed by atoms with van der Waals surface area (Å²) >= 11 is 0. The fraction of sp³-hybridized carbons (Fsp3) is 0.818. The van der Waals surface area contributed by atoms with Crippen molar-refractivity contribution in [1.29, 1.82) is 0 Å². The minimum absolute atomic E-state index is 0.0275. The molecule has 0 radical (unpaired) electrons. The molecule has 1 aliphatic carbocycles. The van der Waals surface area contributed by atoms with E-state index in [9.17, 15) is 9.59 Å². The van der Waals surface area contributed by atoms with Crippen LogP contribution in [0.15, 0.2) is 0 Å². The average Bonchev–Trinajstić information content (AvgIpc) is 3.00. The van der Waals surface area contributed by atoms with Crippen molar-refractivity contribution < 1.29 is 9.59 Å². The molecule has 0 saturated heterocycles. The number of nitrogens with two attached hydrogens (primary N) is 1. The molecule has 0 aromatic heterocycles. The van der Waals surface area contributed by atoms with Crippen molar-refractivity contribution in [2.75, 3.05) is 19.6 Å². The summed E-state index contributed by atoms with van der Waals surface area (Å²) in [5.74, 6) is 0.542. The largest absolute Gasteiger partial charge is 0.370 e. The summed E-state index contributed by atoms with van der Waals surface area (Å²) in [4.78, 5) is 21.7. The minimum Gasteiger partial charge on any atom is -0.370 e. The lowest BCUT2D eigenvalue weighted by Gasteiger charge is -2.05. The predicted octanol–water partition coefficient (Wildman–Crippen LogP) is -0.242. The molecule has 0 heterocycles. The fourth-order valence-electron chi connectivity index (χ4n) is 1.43. The summed E-state index contributed by atoms with van der Waals surface area (Å²) in [6, 6.07) is 0. The van der Waals surface area contributed by atoms with Crippen molar-refractivity contribution in [2.24, 2.45) is 11.7 Å². The van der Waals surface area contributed by atoms with Gasteiger partial charge < -0.3 is 16.4 Å².